The molecule has 1 aliphatic rings. The minimum absolute atomic E-state index is 0.0380. The van der Waals surface area contributed by atoms with Crippen LogP contribution in [0.25, 0.3) is 0 Å². The molecule has 1 aliphatic heterocycles. The highest BCUT2D eigenvalue weighted by Gasteiger charge is 2.47. The highest BCUT2D eigenvalue weighted by molar-refractivity contribution is 6.04. The minimum atomic E-state index is -4.73. The summed E-state index contributed by atoms with van der Waals surface area (Å²) >= 11 is 0. The Morgan fingerprint density at radius 3 is 2.59 bits per heavy atom. The maximum absolute atomic E-state index is 13.9. The molecular weight excluding hydrogens is 452 g/mol. The molecule has 0 saturated heterocycles. The van der Waals surface area contributed by atoms with Crippen LogP contribution in [0, 0.1) is 17.1 Å². The van der Waals surface area contributed by atoms with Crippen LogP contribution in [0.2, 0.25) is 0 Å². The Balaban J connectivity index is 1.85. The Kier molecular flexibility index (Phi) is 6.03. The first-order valence-electron chi connectivity index (χ1n) is 10.1. The summed E-state index contributed by atoms with van der Waals surface area (Å²) in [5, 5.41) is 11.6. The average molecular weight is 468 g/mol. The Hall–Kier alpha value is -4.26. The number of nitriles is 1. The fourth-order valence-corrected chi connectivity index (χ4v) is 4.11. The van der Waals surface area contributed by atoms with E-state index in [0.717, 1.165) is 12.1 Å². The van der Waals surface area contributed by atoms with Crippen molar-refractivity contribution in [3.8, 4) is 6.07 Å². The van der Waals surface area contributed by atoms with Crippen LogP contribution in [0.3, 0.4) is 0 Å². The number of benzene rings is 2. The third-order valence-corrected chi connectivity index (χ3v) is 5.39. The van der Waals surface area contributed by atoms with Crippen molar-refractivity contribution in [2.75, 3.05) is 11.9 Å². The van der Waals surface area contributed by atoms with Gasteiger partial charge >= 0.3 is 6.18 Å². The first kappa shape index (κ1) is 22.9. The third kappa shape index (κ3) is 4.59. The lowest BCUT2D eigenvalue weighted by Crippen LogP contribution is -2.49. The van der Waals surface area contributed by atoms with Gasteiger partial charge in [-0.05, 0) is 41.5 Å². The van der Waals surface area contributed by atoms with Crippen LogP contribution < -0.4 is 5.32 Å². The molecule has 0 unspecified atom stereocenters. The predicted octanol–water partition coefficient (Wildman–Crippen LogP) is 4.57. The van der Waals surface area contributed by atoms with Crippen LogP contribution in [0.5, 0.6) is 0 Å². The molecule has 2 heterocycles. The Morgan fingerprint density at radius 2 is 1.91 bits per heavy atom. The standard InChI is InChI=1S/C24H16F4N4O2/c25-16-8-14(11-29)9-17(10-16)31-22(33)20-18-5-1-2-6-19(18)23(34)32(13-24(26,27)28)21(20)15-4-3-7-30-12-15/h1-10,12,20-21H,13H2,(H,31,33)/t20-,21+/m0/s1. The van der Waals surface area contributed by atoms with Crippen LogP contribution in [-0.4, -0.2) is 34.4 Å². The van der Waals surface area contributed by atoms with E-state index in [0.29, 0.717) is 4.90 Å². The summed E-state index contributed by atoms with van der Waals surface area (Å²) in [4.78, 5) is 31.2. The quantitative estimate of drug-likeness (QED) is 0.569. The van der Waals surface area contributed by atoms with Gasteiger partial charge in [-0.3, -0.25) is 14.6 Å². The molecule has 172 valence electrons. The molecule has 3 aromatic rings. The molecule has 0 fully saturated rings. The number of amides is 2. The summed E-state index contributed by atoms with van der Waals surface area (Å²) in [6.07, 6.45) is -2.01. The normalized spacial score (nSPS) is 17.6. The van der Waals surface area contributed by atoms with Gasteiger partial charge in [0.15, 0.2) is 0 Å². The van der Waals surface area contributed by atoms with Crippen molar-refractivity contribution < 1.29 is 27.2 Å². The van der Waals surface area contributed by atoms with Crippen molar-refractivity contribution in [2.24, 2.45) is 0 Å². The molecule has 34 heavy (non-hydrogen) atoms. The lowest BCUT2D eigenvalue weighted by Gasteiger charge is -2.41. The lowest BCUT2D eigenvalue weighted by atomic mass is 9.79. The molecule has 0 radical (unpaired) electrons. The fourth-order valence-electron chi connectivity index (χ4n) is 4.11. The van der Waals surface area contributed by atoms with Crippen LogP contribution in [0.4, 0.5) is 23.2 Å². The van der Waals surface area contributed by atoms with Crippen molar-refractivity contribution in [1.29, 1.82) is 5.26 Å². The van der Waals surface area contributed by atoms with Gasteiger partial charge in [-0.25, -0.2) is 4.39 Å². The third-order valence-electron chi connectivity index (χ3n) is 5.39. The number of anilines is 1. The number of fused-ring (bicyclic) bond motifs is 1. The van der Waals surface area contributed by atoms with E-state index in [1.54, 1.807) is 12.1 Å². The van der Waals surface area contributed by atoms with Gasteiger partial charge in [0.05, 0.1) is 23.6 Å². The number of alkyl halides is 3. The maximum Gasteiger partial charge on any atom is 0.406 e. The number of rotatable bonds is 4. The van der Waals surface area contributed by atoms with Gasteiger partial charge in [-0.15, -0.1) is 0 Å². The number of nitrogens with one attached hydrogen (secondary N) is 1. The molecular formula is C24H16F4N4O2. The SMILES string of the molecule is N#Cc1cc(F)cc(NC(=O)[C@H]2c3ccccc3C(=O)N(CC(F)(F)F)[C@@H]2c2cccnc2)c1. The maximum atomic E-state index is 13.9. The van der Waals surface area contributed by atoms with Gasteiger partial charge in [0.2, 0.25) is 5.91 Å². The van der Waals surface area contributed by atoms with E-state index in [-0.39, 0.29) is 27.9 Å². The summed E-state index contributed by atoms with van der Waals surface area (Å²) in [5.74, 6) is -3.68. The van der Waals surface area contributed by atoms with Gasteiger partial charge in [0.1, 0.15) is 12.4 Å². The summed E-state index contributed by atoms with van der Waals surface area (Å²) in [6, 6.07) is 12.6. The number of hydrogen-bond acceptors (Lipinski definition) is 4. The second kappa shape index (κ2) is 8.94. The van der Waals surface area contributed by atoms with Crippen molar-refractivity contribution in [3.05, 3.63) is 95.1 Å². The van der Waals surface area contributed by atoms with Crippen molar-refractivity contribution in [1.82, 2.24) is 9.88 Å². The zero-order chi connectivity index (χ0) is 24.5. The van der Waals surface area contributed by atoms with Crippen LogP contribution in [0.1, 0.15) is 39.0 Å². The van der Waals surface area contributed by atoms with Crippen molar-refractivity contribution >= 4 is 17.5 Å². The summed E-state index contributed by atoms with van der Waals surface area (Å²) in [7, 11) is 0. The number of hydrogen-bond donors (Lipinski definition) is 1. The molecule has 0 bridgehead atoms. The molecule has 2 amide bonds. The molecule has 0 saturated carbocycles. The Labute approximate surface area is 191 Å². The second-order valence-corrected chi connectivity index (χ2v) is 7.67. The molecule has 1 aromatic heterocycles. The molecule has 2 atom stereocenters. The summed E-state index contributed by atoms with van der Waals surface area (Å²) < 4.78 is 54.4. The van der Waals surface area contributed by atoms with E-state index in [1.165, 1.54) is 48.8 Å². The van der Waals surface area contributed by atoms with Crippen LogP contribution in [-0.2, 0) is 4.79 Å². The highest BCUT2D eigenvalue weighted by Crippen LogP contribution is 2.44. The number of carbonyl (C=O) groups is 2. The lowest BCUT2D eigenvalue weighted by molar-refractivity contribution is -0.148. The summed E-state index contributed by atoms with van der Waals surface area (Å²) in [5.41, 5.74) is 0.338. The number of nitrogens with zero attached hydrogens (tertiary/aromatic N) is 3. The number of halogens is 4. The molecule has 10 heteroatoms. The van der Waals surface area contributed by atoms with Gasteiger partial charge in [-0.2, -0.15) is 18.4 Å². The summed E-state index contributed by atoms with van der Waals surface area (Å²) in [6.45, 7) is -1.58. The van der Waals surface area contributed by atoms with Gasteiger partial charge in [0, 0.05) is 23.6 Å². The minimum Gasteiger partial charge on any atom is -0.325 e. The smallest absolute Gasteiger partial charge is 0.325 e. The highest BCUT2D eigenvalue weighted by atomic mass is 19.4. The second-order valence-electron chi connectivity index (χ2n) is 7.67. The zero-order valence-corrected chi connectivity index (χ0v) is 17.4. The van der Waals surface area contributed by atoms with E-state index >= 15 is 0 Å². The number of pyridine rings is 1. The van der Waals surface area contributed by atoms with E-state index in [2.05, 4.69) is 10.3 Å². The topological polar surface area (TPSA) is 86.1 Å². The van der Waals surface area contributed by atoms with Crippen molar-refractivity contribution in [2.45, 2.75) is 18.1 Å². The van der Waals surface area contributed by atoms with E-state index in [9.17, 15) is 27.2 Å². The van der Waals surface area contributed by atoms with Crippen molar-refractivity contribution in [3.63, 3.8) is 0 Å². The Morgan fingerprint density at radius 1 is 1.15 bits per heavy atom. The monoisotopic (exact) mass is 468 g/mol. The first-order valence-corrected chi connectivity index (χ1v) is 10.1. The van der Waals surface area contributed by atoms with E-state index < -0.39 is 42.3 Å². The van der Waals surface area contributed by atoms with Gasteiger partial charge in [-0.1, -0.05) is 24.3 Å². The molecule has 0 spiro atoms. The molecule has 2 aromatic carbocycles. The average Bonchev–Trinajstić information content (AvgIpc) is 2.80. The fraction of sp³-hybridized carbons (Fsp3) is 0.167. The number of aromatic nitrogens is 1. The largest absolute Gasteiger partial charge is 0.406 e. The molecule has 1 N–H and O–H groups in total. The molecule has 6 nitrogen and oxygen atoms in total. The zero-order valence-electron chi connectivity index (χ0n) is 17.4. The Bertz CT molecular complexity index is 1290. The number of carbonyl (C=O) groups excluding carboxylic acids is 2. The van der Waals surface area contributed by atoms with E-state index in [1.807, 2.05) is 0 Å². The van der Waals surface area contributed by atoms with Crippen LogP contribution in [0.15, 0.2) is 67.0 Å². The van der Waals surface area contributed by atoms with Gasteiger partial charge in [0.25, 0.3) is 5.91 Å². The molecule has 4 rings (SSSR count). The predicted molar refractivity (Wildman–Crippen MR) is 113 cm³/mol. The molecule has 0 aliphatic carbocycles. The van der Waals surface area contributed by atoms with Gasteiger partial charge < -0.3 is 10.2 Å². The van der Waals surface area contributed by atoms with E-state index in [4.69, 9.17) is 5.26 Å². The first-order chi connectivity index (χ1) is 16.2. The van der Waals surface area contributed by atoms with Crippen LogP contribution >= 0.6 is 0 Å².